The maximum atomic E-state index is 11.7. The van der Waals surface area contributed by atoms with Crippen molar-refractivity contribution in [3.63, 3.8) is 0 Å². The summed E-state index contributed by atoms with van der Waals surface area (Å²) in [5.74, 6) is 0. The van der Waals surface area contributed by atoms with Crippen molar-refractivity contribution in [2.45, 2.75) is 64.0 Å². The number of carbonyl (C=O) groups excluding carboxylic acids is 1. The lowest BCUT2D eigenvalue weighted by atomic mass is 9.93. The molecule has 0 aromatic carbocycles. The number of alkyl carbamates (subject to hydrolysis) is 1. The van der Waals surface area contributed by atoms with Crippen LogP contribution in [0.3, 0.4) is 0 Å². The zero-order valence-electron chi connectivity index (χ0n) is 10.6. The van der Waals surface area contributed by atoms with Crippen molar-refractivity contribution in [3.05, 3.63) is 12.7 Å². The summed E-state index contributed by atoms with van der Waals surface area (Å²) in [4.78, 5) is 11.7. The van der Waals surface area contributed by atoms with Crippen LogP contribution >= 0.6 is 0 Å². The van der Waals surface area contributed by atoms with Gasteiger partial charge in [0.25, 0.3) is 0 Å². The lowest BCUT2D eigenvalue weighted by molar-refractivity contribution is 0.0457. The number of amides is 1. The number of hydrogen-bond acceptors (Lipinski definition) is 2. The Morgan fingerprint density at radius 2 is 2.00 bits per heavy atom. The summed E-state index contributed by atoms with van der Waals surface area (Å²) in [5, 5.41) is 3.02. The second kappa shape index (κ2) is 4.89. The molecule has 1 rings (SSSR count). The summed E-state index contributed by atoms with van der Waals surface area (Å²) in [6, 6.07) is 0. The van der Waals surface area contributed by atoms with Crippen LogP contribution in [0.15, 0.2) is 12.7 Å². The van der Waals surface area contributed by atoms with E-state index in [1.807, 2.05) is 26.8 Å². The topological polar surface area (TPSA) is 38.3 Å². The molecule has 0 aromatic rings. The van der Waals surface area contributed by atoms with E-state index in [2.05, 4.69) is 11.9 Å². The molecule has 16 heavy (non-hydrogen) atoms. The first kappa shape index (κ1) is 13.1. The summed E-state index contributed by atoms with van der Waals surface area (Å²) in [7, 11) is 0. The molecule has 1 aliphatic rings. The van der Waals surface area contributed by atoms with Gasteiger partial charge in [0.05, 0.1) is 0 Å². The average molecular weight is 225 g/mol. The minimum atomic E-state index is -0.432. The molecule has 0 aliphatic heterocycles. The lowest BCUT2D eigenvalue weighted by Gasteiger charge is -2.30. The Bertz CT molecular complexity index is 260. The number of carbonyl (C=O) groups is 1. The Morgan fingerprint density at radius 3 is 2.44 bits per heavy atom. The molecular formula is C13H23NO2. The molecule has 3 heteroatoms. The summed E-state index contributed by atoms with van der Waals surface area (Å²) in [6.45, 7) is 9.39. The zero-order valence-corrected chi connectivity index (χ0v) is 10.6. The van der Waals surface area contributed by atoms with E-state index in [1.165, 1.54) is 12.8 Å². The summed E-state index contributed by atoms with van der Waals surface area (Å²) < 4.78 is 5.29. The molecule has 92 valence electrons. The fourth-order valence-corrected chi connectivity index (χ4v) is 2.23. The van der Waals surface area contributed by atoms with Crippen molar-refractivity contribution in [1.82, 2.24) is 5.32 Å². The third kappa shape index (κ3) is 3.87. The third-order valence-corrected chi connectivity index (χ3v) is 2.86. The molecule has 0 aromatic heterocycles. The molecule has 0 unspecified atom stereocenters. The zero-order chi connectivity index (χ0) is 12.2. The molecule has 1 aliphatic carbocycles. The van der Waals surface area contributed by atoms with Crippen molar-refractivity contribution < 1.29 is 9.53 Å². The first-order valence-corrected chi connectivity index (χ1v) is 5.99. The summed E-state index contributed by atoms with van der Waals surface area (Å²) in [6.07, 6.45) is 6.79. The molecule has 0 spiro atoms. The van der Waals surface area contributed by atoms with Gasteiger partial charge in [-0.3, -0.25) is 0 Å². The maximum Gasteiger partial charge on any atom is 0.408 e. The van der Waals surface area contributed by atoms with E-state index < -0.39 is 5.60 Å². The van der Waals surface area contributed by atoms with Crippen LogP contribution in [0.4, 0.5) is 4.79 Å². The van der Waals surface area contributed by atoms with Crippen LogP contribution in [-0.2, 0) is 4.74 Å². The Balaban J connectivity index is 2.55. The van der Waals surface area contributed by atoms with Gasteiger partial charge in [0.1, 0.15) is 5.60 Å². The van der Waals surface area contributed by atoms with Gasteiger partial charge in [-0.1, -0.05) is 18.9 Å². The Morgan fingerprint density at radius 1 is 1.44 bits per heavy atom. The molecule has 1 amide bonds. The first-order valence-electron chi connectivity index (χ1n) is 5.99. The molecule has 0 heterocycles. The normalized spacial score (nSPS) is 19.2. The highest BCUT2D eigenvalue weighted by Crippen LogP contribution is 2.33. The molecule has 3 nitrogen and oxygen atoms in total. The van der Waals surface area contributed by atoms with Crippen molar-refractivity contribution in [1.29, 1.82) is 0 Å². The van der Waals surface area contributed by atoms with Crippen LogP contribution in [0.1, 0.15) is 52.9 Å². The quantitative estimate of drug-likeness (QED) is 0.747. The number of rotatable bonds is 3. The van der Waals surface area contributed by atoms with Gasteiger partial charge in [0.15, 0.2) is 0 Å². The second-order valence-electron chi connectivity index (χ2n) is 5.61. The minimum absolute atomic E-state index is 0.107. The first-order chi connectivity index (χ1) is 7.37. The van der Waals surface area contributed by atoms with E-state index in [1.54, 1.807) is 0 Å². The highest BCUT2D eigenvalue weighted by molar-refractivity contribution is 5.68. The maximum absolute atomic E-state index is 11.7. The second-order valence-corrected chi connectivity index (χ2v) is 5.61. The van der Waals surface area contributed by atoms with Crippen LogP contribution in [0.5, 0.6) is 0 Å². The van der Waals surface area contributed by atoms with Crippen molar-refractivity contribution in [2.24, 2.45) is 0 Å². The average Bonchev–Trinajstić information content (AvgIpc) is 2.49. The fourth-order valence-electron chi connectivity index (χ4n) is 2.23. The molecule has 0 atom stereocenters. The van der Waals surface area contributed by atoms with Gasteiger partial charge in [-0.2, -0.15) is 0 Å². The molecule has 0 bridgehead atoms. The number of hydrogen-bond donors (Lipinski definition) is 1. The lowest BCUT2D eigenvalue weighted by Crippen LogP contribution is -2.47. The molecule has 0 radical (unpaired) electrons. The summed E-state index contributed by atoms with van der Waals surface area (Å²) in [5.41, 5.74) is -0.540. The minimum Gasteiger partial charge on any atom is -0.444 e. The third-order valence-electron chi connectivity index (χ3n) is 2.86. The van der Waals surface area contributed by atoms with Crippen molar-refractivity contribution >= 4 is 6.09 Å². The fraction of sp³-hybridized carbons (Fsp3) is 0.769. The number of ether oxygens (including phenoxy) is 1. The van der Waals surface area contributed by atoms with Gasteiger partial charge in [-0.05, 0) is 40.0 Å². The van der Waals surface area contributed by atoms with Gasteiger partial charge in [0.2, 0.25) is 0 Å². The standard InChI is InChI=1S/C13H23NO2/c1-5-8-13(9-6-7-10-13)14-11(15)16-12(2,3)4/h5H,1,6-10H2,2-4H3,(H,14,15). The Kier molecular flexibility index (Phi) is 4.00. The molecule has 1 saturated carbocycles. The summed E-state index contributed by atoms with van der Waals surface area (Å²) >= 11 is 0. The van der Waals surface area contributed by atoms with Crippen LogP contribution in [0.2, 0.25) is 0 Å². The predicted octanol–water partition coefficient (Wildman–Crippen LogP) is 3.40. The van der Waals surface area contributed by atoms with Gasteiger partial charge < -0.3 is 10.1 Å². The molecule has 1 N–H and O–H groups in total. The van der Waals surface area contributed by atoms with Crippen LogP contribution in [-0.4, -0.2) is 17.2 Å². The van der Waals surface area contributed by atoms with E-state index in [9.17, 15) is 4.79 Å². The van der Waals surface area contributed by atoms with E-state index >= 15 is 0 Å². The van der Waals surface area contributed by atoms with Gasteiger partial charge in [-0.25, -0.2) is 4.79 Å². The monoisotopic (exact) mass is 225 g/mol. The van der Waals surface area contributed by atoms with E-state index in [0.29, 0.717) is 0 Å². The van der Waals surface area contributed by atoms with Crippen molar-refractivity contribution in [3.8, 4) is 0 Å². The highest BCUT2D eigenvalue weighted by atomic mass is 16.6. The van der Waals surface area contributed by atoms with Crippen molar-refractivity contribution in [2.75, 3.05) is 0 Å². The largest absolute Gasteiger partial charge is 0.444 e. The van der Waals surface area contributed by atoms with Gasteiger partial charge in [0, 0.05) is 5.54 Å². The predicted molar refractivity (Wildman–Crippen MR) is 65.4 cm³/mol. The van der Waals surface area contributed by atoms with Crippen LogP contribution < -0.4 is 5.32 Å². The SMILES string of the molecule is C=CCC1(NC(=O)OC(C)(C)C)CCCC1. The number of nitrogens with one attached hydrogen (secondary N) is 1. The smallest absolute Gasteiger partial charge is 0.408 e. The highest BCUT2D eigenvalue weighted by Gasteiger charge is 2.35. The van der Waals surface area contributed by atoms with Gasteiger partial charge >= 0.3 is 6.09 Å². The molecule has 1 fully saturated rings. The van der Waals surface area contributed by atoms with E-state index in [-0.39, 0.29) is 11.6 Å². The van der Waals surface area contributed by atoms with Crippen LogP contribution in [0.25, 0.3) is 0 Å². The molecular weight excluding hydrogens is 202 g/mol. The Hall–Kier alpha value is -0.990. The van der Waals surface area contributed by atoms with Gasteiger partial charge in [-0.15, -0.1) is 6.58 Å². The Labute approximate surface area is 98.2 Å². The van der Waals surface area contributed by atoms with E-state index in [0.717, 1.165) is 19.3 Å². The molecule has 0 saturated heterocycles. The van der Waals surface area contributed by atoms with E-state index in [4.69, 9.17) is 4.74 Å². The van der Waals surface area contributed by atoms with Crippen LogP contribution in [0, 0.1) is 0 Å².